The molecule has 34 heavy (non-hydrogen) atoms. The van der Waals surface area contributed by atoms with Gasteiger partial charge in [-0.15, -0.1) is 0 Å². The lowest BCUT2D eigenvalue weighted by Crippen LogP contribution is -2.35. The second-order valence-electron chi connectivity index (χ2n) is 7.58. The Morgan fingerprint density at radius 1 is 1.32 bits per heavy atom. The van der Waals surface area contributed by atoms with E-state index in [0.717, 1.165) is 23.0 Å². The number of nitriles is 1. The van der Waals surface area contributed by atoms with Gasteiger partial charge >= 0.3 is 0 Å². The number of nitro groups is 1. The molecule has 1 aromatic heterocycles. The quantitative estimate of drug-likeness (QED) is 0.161. The van der Waals surface area contributed by atoms with Crippen LogP contribution in [0.15, 0.2) is 40.8 Å². The number of methoxy groups -OCH3 is 1. The Kier molecular flexibility index (Phi) is 9.08. The van der Waals surface area contributed by atoms with Crippen LogP contribution in [0.5, 0.6) is 0 Å². The number of carbonyl (C=O) groups is 1. The van der Waals surface area contributed by atoms with Crippen molar-refractivity contribution in [1.82, 2.24) is 14.6 Å². The average Bonchev–Trinajstić information content (AvgIpc) is 3.07. The third-order valence-corrected chi connectivity index (χ3v) is 6.54. The van der Waals surface area contributed by atoms with Gasteiger partial charge in [0.1, 0.15) is 11.6 Å². The molecule has 2 aromatic rings. The van der Waals surface area contributed by atoms with Crippen molar-refractivity contribution in [2.45, 2.75) is 31.7 Å². The summed E-state index contributed by atoms with van der Waals surface area (Å²) in [7, 11) is -2.39. The molecule has 0 aliphatic carbocycles. The molecule has 0 aliphatic heterocycles. The van der Waals surface area contributed by atoms with Crippen LogP contribution in [-0.2, 0) is 19.6 Å². The molecule has 1 atom stereocenters. The first-order chi connectivity index (χ1) is 16.0. The smallest absolute Gasteiger partial charge is 0.270 e. The first-order valence-corrected chi connectivity index (χ1v) is 11.8. The predicted octanol–water partition coefficient (Wildman–Crippen LogP) is 2.22. The molecule has 182 valence electrons. The highest BCUT2D eigenvalue weighted by molar-refractivity contribution is 7.89. The number of hydrogen-bond acceptors (Lipinski definition) is 7. The van der Waals surface area contributed by atoms with Gasteiger partial charge in [0.25, 0.3) is 11.6 Å². The maximum Gasteiger partial charge on any atom is 0.270 e. The number of aryl methyl sites for hydroxylation is 1. The van der Waals surface area contributed by atoms with Gasteiger partial charge in [0.15, 0.2) is 0 Å². The van der Waals surface area contributed by atoms with Gasteiger partial charge in [-0.3, -0.25) is 14.9 Å². The summed E-state index contributed by atoms with van der Waals surface area (Å²) in [6, 6.07) is 8.45. The largest absolute Gasteiger partial charge is 0.383 e. The van der Waals surface area contributed by atoms with E-state index in [1.54, 1.807) is 7.11 Å². The Morgan fingerprint density at radius 3 is 2.65 bits per heavy atom. The summed E-state index contributed by atoms with van der Waals surface area (Å²) in [4.78, 5) is 22.3. The molecular weight excluding hydrogens is 462 g/mol. The molecule has 11 nitrogen and oxygen atoms in total. The first kappa shape index (κ1) is 26.7. The maximum absolute atomic E-state index is 12.5. The fraction of sp³-hybridized carbons (Fsp3) is 0.364. The van der Waals surface area contributed by atoms with Gasteiger partial charge in [-0.1, -0.05) is 6.07 Å². The van der Waals surface area contributed by atoms with Crippen molar-refractivity contribution in [1.29, 1.82) is 5.26 Å². The lowest BCUT2D eigenvalue weighted by Gasteiger charge is -2.17. The standard InChI is InChI=1S/C22H27N5O6S/c1-15-10-18(17(3)26(15)16(2)14-33-4)11-19(13-23)22(28)24-8-9-25-34(31,32)21-7-5-6-20(12-21)27(29)30/h5-7,10-12,16,25H,8-9,14H2,1-4H3,(H,24,28)/b19-11-. The van der Waals surface area contributed by atoms with Gasteiger partial charge in [-0.05, 0) is 44.5 Å². The SMILES string of the molecule is COCC(C)n1c(C)cc(/C=C(/C#N)C(=O)NCCNS(=O)(=O)c2cccc([N+](=O)[O-])c2)c1C. The zero-order valence-electron chi connectivity index (χ0n) is 19.4. The molecule has 0 aliphatic rings. The lowest BCUT2D eigenvalue weighted by atomic mass is 10.1. The van der Waals surface area contributed by atoms with E-state index < -0.39 is 20.9 Å². The Bertz CT molecular complexity index is 1240. The van der Waals surface area contributed by atoms with E-state index >= 15 is 0 Å². The second-order valence-corrected chi connectivity index (χ2v) is 9.35. The fourth-order valence-electron chi connectivity index (χ4n) is 3.55. The Balaban J connectivity index is 2.03. The number of aromatic nitrogens is 1. The number of nitrogens with one attached hydrogen (secondary N) is 2. The van der Waals surface area contributed by atoms with Crippen molar-refractivity contribution in [3.8, 4) is 6.07 Å². The maximum atomic E-state index is 12.5. The van der Waals surface area contributed by atoms with Crippen LogP contribution in [0.3, 0.4) is 0 Å². The van der Waals surface area contributed by atoms with Crippen LogP contribution in [0.25, 0.3) is 6.08 Å². The monoisotopic (exact) mass is 489 g/mol. The van der Waals surface area contributed by atoms with Crippen LogP contribution < -0.4 is 10.0 Å². The zero-order valence-corrected chi connectivity index (χ0v) is 20.2. The van der Waals surface area contributed by atoms with Gasteiger partial charge in [0.05, 0.1) is 22.5 Å². The third-order valence-electron chi connectivity index (χ3n) is 5.08. The highest BCUT2D eigenvalue weighted by Gasteiger charge is 2.18. The number of nitro benzene ring substituents is 1. The number of benzene rings is 1. The summed E-state index contributed by atoms with van der Waals surface area (Å²) in [5, 5.41) is 22.8. The van der Waals surface area contributed by atoms with Crippen molar-refractivity contribution in [2.75, 3.05) is 26.8 Å². The minimum Gasteiger partial charge on any atom is -0.383 e. The van der Waals surface area contributed by atoms with Gasteiger partial charge in [0.2, 0.25) is 10.0 Å². The number of amides is 1. The summed E-state index contributed by atoms with van der Waals surface area (Å²) < 4.78 is 34.2. The van der Waals surface area contributed by atoms with Crippen molar-refractivity contribution < 1.29 is 22.9 Å². The number of ether oxygens (including phenoxy) is 1. The molecule has 2 rings (SSSR count). The third kappa shape index (κ3) is 6.50. The van der Waals surface area contributed by atoms with Gasteiger partial charge < -0.3 is 14.6 Å². The lowest BCUT2D eigenvalue weighted by molar-refractivity contribution is -0.385. The Morgan fingerprint density at radius 2 is 2.03 bits per heavy atom. The van der Waals surface area contributed by atoms with E-state index in [1.165, 1.54) is 24.3 Å². The fourth-order valence-corrected chi connectivity index (χ4v) is 4.62. The van der Waals surface area contributed by atoms with E-state index in [0.29, 0.717) is 6.61 Å². The van der Waals surface area contributed by atoms with Crippen LogP contribution in [0, 0.1) is 35.3 Å². The van der Waals surface area contributed by atoms with Crippen LogP contribution in [0.4, 0.5) is 5.69 Å². The van der Waals surface area contributed by atoms with E-state index in [9.17, 15) is 28.6 Å². The summed E-state index contributed by atoms with van der Waals surface area (Å²) in [6.07, 6.45) is 1.49. The molecule has 0 radical (unpaired) electrons. The minimum atomic E-state index is -4.01. The molecule has 12 heteroatoms. The molecule has 1 aromatic carbocycles. The highest BCUT2D eigenvalue weighted by atomic mass is 32.2. The molecule has 0 fully saturated rings. The van der Waals surface area contributed by atoms with Crippen molar-refractivity contribution >= 4 is 27.7 Å². The normalized spacial score (nSPS) is 12.7. The van der Waals surface area contributed by atoms with Gasteiger partial charge in [-0.2, -0.15) is 5.26 Å². The molecule has 1 unspecified atom stereocenters. The van der Waals surface area contributed by atoms with Crippen LogP contribution in [0.1, 0.15) is 29.9 Å². The van der Waals surface area contributed by atoms with Crippen molar-refractivity contribution in [3.05, 3.63) is 63.0 Å². The number of carbonyl (C=O) groups excluding carboxylic acids is 1. The topological polar surface area (TPSA) is 156 Å². The Labute approximate surface area is 198 Å². The molecule has 0 saturated heterocycles. The molecule has 0 bridgehead atoms. The number of rotatable bonds is 11. The van der Waals surface area contributed by atoms with Gasteiger partial charge in [-0.25, -0.2) is 13.1 Å². The molecule has 0 spiro atoms. The van der Waals surface area contributed by atoms with E-state index in [-0.39, 0.29) is 35.3 Å². The number of non-ortho nitro benzene ring substituents is 1. The number of sulfonamides is 1. The molecule has 0 saturated carbocycles. The summed E-state index contributed by atoms with van der Waals surface area (Å²) in [5.74, 6) is -0.646. The molecule has 2 N–H and O–H groups in total. The predicted molar refractivity (Wildman–Crippen MR) is 125 cm³/mol. The second kappa shape index (κ2) is 11.6. The summed E-state index contributed by atoms with van der Waals surface area (Å²) in [5.41, 5.74) is 2.09. The number of nitrogens with zero attached hydrogens (tertiary/aromatic N) is 3. The van der Waals surface area contributed by atoms with Crippen LogP contribution >= 0.6 is 0 Å². The Hall–Kier alpha value is -3.53. The van der Waals surface area contributed by atoms with E-state index in [2.05, 4.69) is 14.6 Å². The average molecular weight is 490 g/mol. The molecule has 1 amide bonds. The van der Waals surface area contributed by atoms with Crippen LogP contribution in [0.2, 0.25) is 0 Å². The van der Waals surface area contributed by atoms with Crippen molar-refractivity contribution in [2.24, 2.45) is 0 Å². The minimum absolute atomic E-state index is 0.0746. The molecular formula is C22H27N5O6S. The van der Waals surface area contributed by atoms with E-state index in [4.69, 9.17) is 4.74 Å². The highest BCUT2D eigenvalue weighted by Crippen LogP contribution is 2.23. The summed E-state index contributed by atoms with van der Waals surface area (Å²) >= 11 is 0. The van der Waals surface area contributed by atoms with E-state index in [1.807, 2.05) is 32.9 Å². The summed E-state index contributed by atoms with van der Waals surface area (Å²) in [6.45, 7) is 6.08. The van der Waals surface area contributed by atoms with Crippen LogP contribution in [-0.4, -0.2) is 50.6 Å². The van der Waals surface area contributed by atoms with Gasteiger partial charge in [0, 0.05) is 43.7 Å². The van der Waals surface area contributed by atoms with Crippen molar-refractivity contribution in [3.63, 3.8) is 0 Å². The first-order valence-electron chi connectivity index (χ1n) is 10.3. The molecule has 1 heterocycles. The number of hydrogen-bond donors (Lipinski definition) is 2. The zero-order chi connectivity index (χ0) is 25.5.